The normalized spacial score (nSPS) is 10.1. The minimum Gasteiger partial charge on any atom is -0.397 e. The van der Waals surface area contributed by atoms with Gasteiger partial charge in [0, 0.05) is 17.3 Å². The minimum absolute atomic E-state index is 0.0661. The number of anilines is 1. The monoisotopic (exact) mass is 212 g/mol. The summed E-state index contributed by atoms with van der Waals surface area (Å²) < 4.78 is 0. The molecule has 1 heterocycles. The lowest BCUT2D eigenvalue weighted by Crippen LogP contribution is -2.05. The highest BCUT2D eigenvalue weighted by Gasteiger charge is 2.11. The van der Waals surface area contributed by atoms with Crippen molar-refractivity contribution in [2.45, 2.75) is 6.92 Å². The van der Waals surface area contributed by atoms with Crippen LogP contribution in [0.25, 0.3) is 0 Å². The van der Waals surface area contributed by atoms with Crippen molar-refractivity contribution in [2.75, 3.05) is 5.73 Å². The van der Waals surface area contributed by atoms with E-state index in [2.05, 4.69) is 4.98 Å². The lowest BCUT2D eigenvalue weighted by atomic mass is 10.0. The predicted octanol–water partition coefficient (Wildman–Crippen LogP) is 2.20. The van der Waals surface area contributed by atoms with E-state index in [1.807, 2.05) is 25.1 Å². The van der Waals surface area contributed by atoms with Crippen molar-refractivity contribution in [3.8, 4) is 0 Å². The molecule has 2 N–H and O–H groups in total. The minimum atomic E-state index is -0.0661. The van der Waals surface area contributed by atoms with Gasteiger partial charge in [-0.05, 0) is 19.1 Å². The third kappa shape index (κ3) is 1.93. The number of rotatable bonds is 2. The Kier molecular flexibility index (Phi) is 2.68. The predicted molar refractivity (Wildman–Crippen MR) is 63.3 cm³/mol. The number of aryl methyl sites for hydroxylation is 1. The SMILES string of the molecule is Cc1cccc(C(=O)c2ccncc2N)c1. The van der Waals surface area contributed by atoms with Crippen LogP contribution in [0, 0.1) is 6.92 Å². The molecular formula is C13H12N2O. The Labute approximate surface area is 93.9 Å². The molecule has 0 bridgehead atoms. The Morgan fingerprint density at radius 3 is 2.81 bits per heavy atom. The Hall–Kier alpha value is -2.16. The molecule has 0 saturated carbocycles. The van der Waals surface area contributed by atoms with Crippen molar-refractivity contribution >= 4 is 11.5 Å². The van der Waals surface area contributed by atoms with Crippen LogP contribution in [0.3, 0.4) is 0 Å². The van der Waals surface area contributed by atoms with E-state index >= 15 is 0 Å². The number of benzene rings is 1. The van der Waals surface area contributed by atoms with Crippen molar-refractivity contribution < 1.29 is 4.79 Å². The molecule has 0 aliphatic rings. The first-order chi connectivity index (χ1) is 7.68. The average molecular weight is 212 g/mol. The molecule has 0 unspecified atom stereocenters. The second-order valence-corrected chi connectivity index (χ2v) is 3.66. The quantitative estimate of drug-likeness (QED) is 0.776. The van der Waals surface area contributed by atoms with Crippen LogP contribution in [-0.4, -0.2) is 10.8 Å². The fraction of sp³-hybridized carbons (Fsp3) is 0.0769. The molecule has 3 heteroatoms. The van der Waals surface area contributed by atoms with Gasteiger partial charge in [0.2, 0.25) is 0 Å². The first-order valence-electron chi connectivity index (χ1n) is 4.99. The summed E-state index contributed by atoms with van der Waals surface area (Å²) in [5, 5.41) is 0. The van der Waals surface area contributed by atoms with E-state index in [0.717, 1.165) is 5.56 Å². The lowest BCUT2D eigenvalue weighted by Gasteiger charge is -2.04. The first-order valence-corrected chi connectivity index (χ1v) is 4.99. The maximum absolute atomic E-state index is 12.1. The first kappa shape index (κ1) is 10.4. The van der Waals surface area contributed by atoms with Gasteiger partial charge in [-0.2, -0.15) is 0 Å². The Morgan fingerprint density at radius 1 is 1.31 bits per heavy atom. The molecule has 1 aromatic carbocycles. The summed E-state index contributed by atoms with van der Waals surface area (Å²) in [5.74, 6) is -0.0661. The van der Waals surface area contributed by atoms with Crippen LogP contribution in [0.5, 0.6) is 0 Å². The third-order valence-corrected chi connectivity index (χ3v) is 2.38. The van der Waals surface area contributed by atoms with Gasteiger partial charge in [-0.1, -0.05) is 23.8 Å². The number of carbonyl (C=O) groups is 1. The van der Waals surface area contributed by atoms with E-state index in [9.17, 15) is 4.79 Å². The lowest BCUT2D eigenvalue weighted by molar-refractivity contribution is 0.103. The number of nitrogens with zero attached hydrogens (tertiary/aromatic N) is 1. The summed E-state index contributed by atoms with van der Waals surface area (Å²) in [5.41, 5.74) is 8.33. The third-order valence-electron chi connectivity index (χ3n) is 2.38. The van der Waals surface area contributed by atoms with Gasteiger partial charge in [0.05, 0.1) is 11.9 Å². The topological polar surface area (TPSA) is 56.0 Å². The van der Waals surface area contributed by atoms with Crippen LogP contribution in [0.2, 0.25) is 0 Å². The zero-order valence-electron chi connectivity index (χ0n) is 8.97. The summed E-state index contributed by atoms with van der Waals surface area (Å²) in [7, 11) is 0. The van der Waals surface area contributed by atoms with E-state index < -0.39 is 0 Å². The van der Waals surface area contributed by atoms with Crippen molar-refractivity contribution in [1.29, 1.82) is 0 Å². The second kappa shape index (κ2) is 4.14. The van der Waals surface area contributed by atoms with Gasteiger partial charge in [0.25, 0.3) is 0 Å². The van der Waals surface area contributed by atoms with Crippen LogP contribution in [0.15, 0.2) is 42.7 Å². The Morgan fingerprint density at radius 2 is 2.12 bits per heavy atom. The van der Waals surface area contributed by atoms with Gasteiger partial charge in [-0.3, -0.25) is 9.78 Å². The summed E-state index contributed by atoms with van der Waals surface area (Å²) in [4.78, 5) is 16.0. The maximum Gasteiger partial charge on any atom is 0.195 e. The molecule has 0 aliphatic heterocycles. The standard InChI is InChI=1S/C13H12N2O/c1-9-3-2-4-10(7-9)13(16)11-5-6-15-8-12(11)14/h2-8H,14H2,1H3. The summed E-state index contributed by atoms with van der Waals surface area (Å²) in [6.07, 6.45) is 3.06. The molecule has 0 aliphatic carbocycles. The Balaban J connectivity index is 2.44. The van der Waals surface area contributed by atoms with E-state index in [0.29, 0.717) is 16.8 Å². The molecule has 0 radical (unpaired) electrons. The van der Waals surface area contributed by atoms with E-state index in [-0.39, 0.29) is 5.78 Å². The fourth-order valence-electron chi connectivity index (χ4n) is 1.56. The number of nitrogens with two attached hydrogens (primary N) is 1. The van der Waals surface area contributed by atoms with Gasteiger partial charge in [0.15, 0.2) is 5.78 Å². The molecule has 1 aromatic heterocycles. The molecule has 0 saturated heterocycles. The van der Waals surface area contributed by atoms with Gasteiger partial charge in [-0.15, -0.1) is 0 Å². The highest BCUT2D eigenvalue weighted by molar-refractivity contribution is 6.11. The van der Waals surface area contributed by atoms with Crippen molar-refractivity contribution in [3.63, 3.8) is 0 Å². The number of carbonyl (C=O) groups excluding carboxylic acids is 1. The molecular weight excluding hydrogens is 200 g/mol. The number of pyridine rings is 1. The zero-order chi connectivity index (χ0) is 11.5. The molecule has 16 heavy (non-hydrogen) atoms. The molecule has 2 rings (SSSR count). The second-order valence-electron chi connectivity index (χ2n) is 3.66. The molecule has 80 valence electrons. The van der Waals surface area contributed by atoms with Crippen LogP contribution in [-0.2, 0) is 0 Å². The molecule has 0 fully saturated rings. The van der Waals surface area contributed by atoms with Gasteiger partial charge in [0.1, 0.15) is 0 Å². The number of nitrogen functional groups attached to an aromatic ring is 1. The van der Waals surface area contributed by atoms with Gasteiger partial charge >= 0.3 is 0 Å². The largest absolute Gasteiger partial charge is 0.397 e. The fourth-order valence-corrected chi connectivity index (χ4v) is 1.56. The van der Waals surface area contributed by atoms with Crippen molar-refractivity contribution in [1.82, 2.24) is 4.98 Å². The van der Waals surface area contributed by atoms with Crippen LogP contribution >= 0.6 is 0 Å². The zero-order valence-corrected chi connectivity index (χ0v) is 8.97. The van der Waals surface area contributed by atoms with Gasteiger partial charge < -0.3 is 5.73 Å². The highest BCUT2D eigenvalue weighted by atomic mass is 16.1. The van der Waals surface area contributed by atoms with E-state index in [4.69, 9.17) is 5.73 Å². The number of hydrogen-bond acceptors (Lipinski definition) is 3. The van der Waals surface area contributed by atoms with Gasteiger partial charge in [-0.25, -0.2) is 0 Å². The highest BCUT2D eigenvalue weighted by Crippen LogP contribution is 2.15. The number of aromatic nitrogens is 1. The summed E-state index contributed by atoms with van der Waals surface area (Å²) in [6, 6.07) is 9.09. The van der Waals surface area contributed by atoms with Crippen LogP contribution in [0.4, 0.5) is 5.69 Å². The van der Waals surface area contributed by atoms with E-state index in [1.54, 1.807) is 18.3 Å². The average Bonchev–Trinajstić information content (AvgIpc) is 2.29. The van der Waals surface area contributed by atoms with E-state index in [1.165, 1.54) is 6.20 Å². The summed E-state index contributed by atoms with van der Waals surface area (Å²) in [6.45, 7) is 1.95. The molecule has 0 atom stereocenters. The Bertz CT molecular complexity index is 535. The number of hydrogen-bond donors (Lipinski definition) is 1. The molecule has 0 spiro atoms. The van der Waals surface area contributed by atoms with Crippen molar-refractivity contribution in [2.24, 2.45) is 0 Å². The van der Waals surface area contributed by atoms with Crippen LogP contribution in [0.1, 0.15) is 21.5 Å². The number of ketones is 1. The maximum atomic E-state index is 12.1. The van der Waals surface area contributed by atoms with Crippen LogP contribution < -0.4 is 5.73 Å². The summed E-state index contributed by atoms with van der Waals surface area (Å²) >= 11 is 0. The molecule has 0 amide bonds. The molecule has 2 aromatic rings. The molecule has 3 nitrogen and oxygen atoms in total. The smallest absolute Gasteiger partial charge is 0.195 e. The van der Waals surface area contributed by atoms with Crippen molar-refractivity contribution in [3.05, 3.63) is 59.4 Å².